The van der Waals surface area contributed by atoms with Crippen molar-refractivity contribution in [1.82, 2.24) is 0 Å². The van der Waals surface area contributed by atoms with Crippen LogP contribution in [0.2, 0.25) is 0 Å². The summed E-state index contributed by atoms with van der Waals surface area (Å²) < 4.78 is 5.57. The predicted octanol–water partition coefficient (Wildman–Crippen LogP) is 2.17. The number of aldehydes is 1. The summed E-state index contributed by atoms with van der Waals surface area (Å²) in [7, 11) is 0. The third-order valence-electron chi connectivity index (χ3n) is 3.13. The van der Waals surface area contributed by atoms with E-state index in [9.17, 15) is 4.79 Å². The fourth-order valence-corrected chi connectivity index (χ4v) is 2.06. The first kappa shape index (κ1) is 9.72. The summed E-state index contributed by atoms with van der Waals surface area (Å²) in [6, 6.07) is 0. The highest BCUT2D eigenvalue weighted by Crippen LogP contribution is 2.45. The molecular weight excluding hydrogens is 152 g/mol. The van der Waals surface area contributed by atoms with Crippen LogP contribution in [-0.4, -0.2) is 18.5 Å². The van der Waals surface area contributed by atoms with E-state index in [0.717, 1.165) is 32.2 Å². The SMILES string of the molecule is CCCC1(C=O)CCOC1(C)C. The molecule has 1 rings (SSSR count). The molecule has 1 aliphatic rings. The third kappa shape index (κ3) is 1.28. The smallest absolute Gasteiger partial charge is 0.129 e. The highest BCUT2D eigenvalue weighted by Gasteiger charge is 2.49. The highest BCUT2D eigenvalue weighted by molar-refractivity contribution is 5.62. The van der Waals surface area contributed by atoms with Gasteiger partial charge in [-0.05, 0) is 26.7 Å². The molecule has 1 aliphatic heterocycles. The topological polar surface area (TPSA) is 26.3 Å². The Morgan fingerprint density at radius 3 is 2.50 bits per heavy atom. The van der Waals surface area contributed by atoms with Crippen LogP contribution in [0, 0.1) is 5.41 Å². The molecule has 0 aromatic rings. The van der Waals surface area contributed by atoms with E-state index in [2.05, 4.69) is 6.92 Å². The van der Waals surface area contributed by atoms with Gasteiger partial charge in [0.15, 0.2) is 0 Å². The highest BCUT2D eigenvalue weighted by atomic mass is 16.5. The lowest BCUT2D eigenvalue weighted by Gasteiger charge is -2.34. The molecule has 0 aromatic carbocycles. The molecule has 1 saturated heterocycles. The minimum absolute atomic E-state index is 0.220. The Labute approximate surface area is 74.3 Å². The number of ether oxygens (including phenoxy) is 1. The van der Waals surface area contributed by atoms with Gasteiger partial charge < -0.3 is 9.53 Å². The monoisotopic (exact) mass is 170 g/mol. The lowest BCUT2D eigenvalue weighted by atomic mass is 9.71. The van der Waals surface area contributed by atoms with Gasteiger partial charge in [0.1, 0.15) is 6.29 Å². The maximum Gasteiger partial charge on any atom is 0.129 e. The number of carbonyl (C=O) groups is 1. The lowest BCUT2D eigenvalue weighted by molar-refractivity contribution is -0.125. The van der Waals surface area contributed by atoms with Gasteiger partial charge in [-0.3, -0.25) is 0 Å². The summed E-state index contributed by atoms with van der Waals surface area (Å²) in [5, 5.41) is 0. The van der Waals surface area contributed by atoms with Gasteiger partial charge in [0.2, 0.25) is 0 Å². The van der Waals surface area contributed by atoms with E-state index in [-0.39, 0.29) is 11.0 Å². The summed E-state index contributed by atoms with van der Waals surface area (Å²) >= 11 is 0. The summed E-state index contributed by atoms with van der Waals surface area (Å²) in [4.78, 5) is 11.1. The van der Waals surface area contributed by atoms with Gasteiger partial charge in [-0.25, -0.2) is 0 Å². The van der Waals surface area contributed by atoms with Crippen LogP contribution in [0.3, 0.4) is 0 Å². The number of hydrogen-bond acceptors (Lipinski definition) is 2. The van der Waals surface area contributed by atoms with Crippen molar-refractivity contribution in [3.63, 3.8) is 0 Å². The molecule has 12 heavy (non-hydrogen) atoms. The second-order valence-corrected chi connectivity index (χ2v) is 4.13. The minimum Gasteiger partial charge on any atom is -0.375 e. The van der Waals surface area contributed by atoms with Crippen molar-refractivity contribution in [2.75, 3.05) is 6.61 Å². The molecule has 0 spiro atoms. The van der Waals surface area contributed by atoms with Crippen LogP contribution in [-0.2, 0) is 9.53 Å². The van der Waals surface area contributed by atoms with Crippen molar-refractivity contribution >= 4 is 6.29 Å². The van der Waals surface area contributed by atoms with Gasteiger partial charge in [-0.15, -0.1) is 0 Å². The largest absolute Gasteiger partial charge is 0.375 e. The molecule has 0 bridgehead atoms. The fourth-order valence-electron chi connectivity index (χ4n) is 2.06. The number of rotatable bonds is 3. The number of carbonyl (C=O) groups excluding carboxylic acids is 1. The summed E-state index contributed by atoms with van der Waals surface area (Å²) in [6.45, 7) is 6.87. The Morgan fingerprint density at radius 2 is 2.17 bits per heavy atom. The first-order valence-electron chi connectivity index (χ1n) is 4.68. The molecule has 0 N–H and O–H groups in total. The maximum absolute atomic E-state index is 11.1. The average molecular weight is 170 g/mol. The van der Waals surface area contributed by atoms with Gasteiger partial charge >= 0.3 is 0 Å². The second-order valence-electron chi connectivity index (χ2n) is 4.13. The molecule has 1 heterocycles. The Bertz CT molecular complexity index is 175. The summed E-state index contributed by atoms with van der Waals surface area (Å²) in [5.41, 5.74) is -0.480. The van der Waals surface area contributed by atoms with Crippen molar-refractivity contribution < 1.29 is 9.53 Å². The molecule has 0 aliphatic carbocycles. The molecule has 0 amide bonds. The van der Waals surface area contributed by atoms with Crippen LogP contribution >= 0.6 is 0 Å². The van der Waals surface area contributed by atoms with Crippen molar-refractivity contribution in [1.29, 1.82) is 0 Å². The first-order valence-corrected chi connectivity index (χ1v) is 4.68. The molecule has 1 unspecified atom stereocenters. The quantitative estimate of drug-likeness (QED) is 0.607. The Hall–Kier alpha value is -0.370. The van der Waals surface area contributed by atoms with E-state index >= 15 is 0 Å². The summed E-state index contributed by atoms with van der Waals surface area (Å²) in [6.07, 6.45) is 3.98. The molecule has 1 fully saturated rings. The van der Waals surface area contributed by atoms with Gasteiger partial charge in [0, 0.05) is 6.61 Å². The Morgan fingerprint density at radius 1 is 1.50 bits per heavy atom. The fraction of sp³-hybridized carbons (Fsp3) is 0.900. The predicted molar refractivity (Wildman–Crippen MR) is 48.1 cm³/mol. The van der Waals surface area contributed by atoms with Gasteiger partial charge in [-0.2, -0.15) is 0 Å². The van der Waals surface area contributed by atoms with E-state index in [0.29, 0.717) is 0 Å². The standard InChI is InChI=1S/C10H18O2/c1-4-5-10(8-11)6-7-12-9(10,2)3/h8H,4-7H2,1-3H3. The van der Waals surface area contributed by atoms with E-state index in [1.165, 1.54) is 0 Å². The van der Waals surface area contributed by atoms with Crippen molar-refractivity contribution in [3.8, 4) is 0 Å². The van der Waals surface area contributed by atoms with E-state index in [1.54, 1.807) is 0 Å². The van der Waals surface area contributed by atoms with Crippen molar-refractivity contribution in [2.45, 2.75) is 45.6 Å². The Kier molecular flexibility index (Phi) is 2.57. The van der Waals surface area contributed by atoms with Crippen LogP contribution < -0.4 is 0 Å². The maximum atomic E-state index is 11.1. The van der Waals surface area contributed by atoms with Gasteiger partial charge in [0.25, 0.3) is 0 Å². The zero-order valence-electron chi connectivity index (χ0n) is 8.22. The molecule has 70 valence electrons. The van der Waals surface area contributed by atoms with Gasteiger partial charge in [-0.1, -0.05) is 13.3 Å². The van der Waals surface area contributed by atoms with Gasteiger partial charge in [0.05, 0.1) is 11.0 Å². The molecule has 0 radical (unpaired) electrons. The third-order valence-corrected chi connectivity index (χ3v) is 3.13. The molecule has 1 atom stereocenters. The van der Waals surface area contributed by atoms with Crippen LogP contribution in [0.5, 0.6) is 0 Å². The van der Waals surface area contributed by atoms with Crippen molar-refractivity contribution in [2.24, 2.45) is 5.41 Å². The molecule has 0 aromatic heterocycles. The first-order chi connectivity index (χ1) is 5.58. The summed E-state index contributed by atoms with van der Waals surface area (Å²) in [5.74, 6) is 0. The van der Waals surface area contributed by atoms with Crippen LogP contribution in [0.15, 0.2) is 0 Å². The number of hydrogen-bond donors (Lipinski definition) is 0. The van der Waals surface area contributed by atoms with E-state index in [1.807, 2.05) is 13.8 Å². The molecule has 0 saturated carbocycles. The van der Waals surface area contributed by atoms with Crippen molar-refractivity contribution in [3.05, 3.63) is 0 Å². The van der Waals surface area contributed by atoms with E-state index < -0.39 is 0 Å². The van der Waals surface area contributed by atoms with E-state index in [4.69, 9.17) is 4.74 Å². The molecule has 2 heteroatoms. The zero-order valence-corrected chi connectivity index (χ0v) is 8.22. The average Bonchev–Trinajstić information content (AvgIpc) is 2.29. The normalized spacial score (nSPS) is 33.6. The van der Waals surface area contributed by atoms with Crippen LogP contribution in [0.4, 0.5) is 0 Å². The minimum atomic E-state index is -0.259. The Balaban J connectivity index is 2.83. The second kappa shape index (κ2) is 3.17. The molecular formula is C10H18O2. The lowest BCUT2D eigenvalue weighted by Crippen LogP contribution is -2.41. The van der Waals surface area contributed by atoms with Crippen LogP contribution in [0.25, 0.3) is 0 Å². The van der Waals surface area contributed by atoms with Crippen LogP contribution in [0.1, 0.15) is 40.0 Å². The molecule has 2 nitrogen and oxygen atoms in total. The zero-order chi connectivity index (χ0) is 9.24.